The number of nitro groups is 1. The van der Waals surface area contributed by atoms with E-state index in [1.807, 2.05) is 0 Å². The van der Waals surface area contributed by atoms with Crippen molar-refractivity contribution in [1.29, 1.82) is 0 Å². The maximum Gasteiger partial charge on any atom is 0.271 e. The lowest BCUT2D eigenvalue weighted by molar-refractivity contribution is -0.384. The number of anilines is 1. The second kappa shape index (κ2) is 7.81. The molecule has 31 heavy (non-hydrogen) atoms. The van der Waals surface area contributed by atoms with Crippen LogP contribution in [-0.2, 0) is 10.2 Å². The van der Waals surface area contributed by atoms with E-state index >= 15 is 0 Å². The molecule has 6 rings (SSSR count). The monoisotopic (exact) mass is 443 g/mol. The van der Waals surface area contributed by atoms with Crippen molar-refractivity contribution in [1.82, 2.24) is 15.2 Å². The average molecular weight is 444 g/mol. The van der Waals surface area contributed by atoms with Gasteiger partial charge in [-0.1, -0.05) is 11.8 Å². The molecule has 0 unspecified atom stereocenters. The van der Waals surface area contributed by atoms with Gasteiger partial charge in [-0.3, -0.25) is 20.0 Å². The number of H-pyrrole nitrogens is 1. The van der Waals surface area contributed by atoms with E-state index < -0.39 is 4.92 Å². The Bertz CT molecular complexity index is 988. The number of benzene rings is 1. The van der Waals surface area contributed by atoms with Gasteiger partial charge in [0.1, 0.15) is 11.6 Å². The number of rotatable bonds is 7. The molecule has 4 aliphatic rings. The Morgan fingerprint density at radius 1 is 1.29 bits per heavy atom. The summed E-state index contributed by atoms with van der Waals surface area (Å²) >= 11 is 1.26. The van der Waals surface area contributed by atoms with Crippen LogP contribution in [0.25, 0.3) is 0 Å². The fourth-order valence-electron chi connectivity index (χ4n) is 6.17. The van der Waals surface area contributed by atoms with Gasteiger partial charge in [-0.15, -0.1) is 5.10 Å². The minimum atomic E-state index is -0.510. The van der Waals surface area contributed by atoms with Crippen LogP contribution in [0.4, 0.5) is 11.4 Å². The Kier molecular flexibility index (Phi) is 5.11. The predicted octanol–water partition coefficient (Wildman–Crippen LogP) is 3.92. The maximum absolute atomic E-state index is 12.4. The van der Waals surface area contributed by atoms with Gasteiger partial charge in [0.15, 0.2) is 0 Å². The Morgan fingerprint density at radius 3 is 2.58 bits per heavy atom. The number of aromatic nitrogens is 3. The third kappa shape index (κ3) is 3.88. The van der Waals surface area contributed by atoms with Crippen molar-refractivity contribution < 1.29 is 14.5 Å². The summed E-state index contributed by atoms with van der Waals surface area (Å²) in [6.45, 7) is 0. The van der Waals surface area contributed by atoms with E-state index in [1.54, 1.807) is 0 Å². The molecule has 4 bridgehead atoms. The Hall–Kier alpha value is -2.62. The number of nitro benzene ring substituents is 1. The van der Waals surface area contributed by atoms with Gasteiger partial charge in [0.25, 0.3) is 5.69 Å². The quantitative estimate of drug-likeness (QED) is 0.378. The number of amides is 1. The summed E-state index contributed by atoms with van der Waals surface area (Å²) < 4.78 is 5.19. The van der Waals surface area contributed by atoms with Crippen molar-refractivity contribution in [2.24, 2.45) is 17.8 Å². The number of carbonyl (C=O) groups is 1. The van der Waals surface area contributed by atoms with E-state index in [9.17, 15) is 14.9 Å². The van der Waals surface area contributed by atoms with Crippen LogP contribution < -0.4 is 10.1 Å². The number of non-ortho nitro benzene ring substituents is 1. The highest BCUT2D eigenvalue weighted by Crippen LogP contribution is 2.60. The summed E-state index contributed by atoms with van der Waals surface area (Å²) in [5.41, 5.74) is 0.295. The fraction of sp³-hybridized carbons (Fsp3) is 0.571. The zero-order valence-corrected chi connectivity index (χ0v) is 18.1. The number of thioether (sulfide) groups is 1. The van der Waals surface area contributed by atoms with E-state index in [0.717, 1.165) is 23.6 Å². The van der Waals surface area contributed by atoms with Gasteiger partial charge in [0.05, 0.1) is 23.5 Å². The van der Waals surface area contributed by atoms with Gasteiger partial charge in [-0.25, -0.2) is 4.98 Å². The summed E-state index contributed by atoms with van der Waals surface area (Å²) in [4.78, 5) is 27.7. The van der Waals surface area contributed by atoms with Crippen molar-refractivity contribution in [3.8, 4) is 5.75 Å². The number of nitrogens with one attached hydrogen (secondary N) is 2. The number of hydrogen-bond donors (Lipinski definition) is 2. The van der Waals surface area contributed by atoms with Crippen LogP contribution in [0.1, 0.15) is 44.3 Å². The Morgan fingerprint density at radius 2 is 1.97 bits per heavy atom. The van der Waals surface area contributed by atoms with Crippen molar-refractivity contribution in [2.75, 3.05) is 18.2 Å². The molecule has 0 radical (unpaired) electrons. The van der Waals surface area contributed by atoms with Gasteiger partial charge in [0, 0.05) is 17.5 Å². The standard InChI is InChI=1S/C21H25N5O4S/c1-30-17-3-2-15(26(28)29)7-16(17)22-18(27)11-31-20-23-19(24-25-20)21-8-12-4-13(9-21)6-14(5-12)10-21/h2-3,7,12-14H,4-6,8-11H2,1H3,(H,22,27)(H,23,24,25). The highest BCUT2D eigenvalue weighted by Gasteiger charge is 2.53. The first-order valence-corrected chi connectivity index (χ1v) is 11.6. The van der Waals surface area contributed by atoms with Crippen molar-refractivity contribution >= 4 is 29.0 Å². The second-order valence-electron chi connectivity index (χ2n) is 9.14. The lowest BCUT2D eigenvalue weighted by atomic mass is 9.49. The molecule has 164 valence electrons. The lowest BCUT2D eigenvalue weighted by Crippen LogP contribution is -2.49. The minimum absolute atomic E-state index is 0.101. The first-order chi connectivity index (χ1) is 14.9. The van der Waals surface area contributed by atoms with Crippen LogP contribution in [0.15, 0.2) is 23.4 Å². The van der Waals surface area contributed by atoms with E-state index in [1.165, 1.54) is 75.6 Å². The molecule has 0 spiro atoms. The highest BCUT2D eigenvalue weighted by atomic mass is 32.2. The van der Waals surface area contributed by atoms with Crippen molar-refractivity contribution in [3.63, 3.8) is 0 Å². The third-order valence-electron chi connectivity index (χ3n) is 7.01. The van der Waals surface area contributed by atoms with Gasteiger partial charge in [-0.05, 0) is 62.3 Å². The van der Waals surface area contributed by atoms with Gasteiger partial charge in [-0.2, -0.15) is 0 Å². The first-order valence-electron chi connectivity index (χ1n) is 10.6. The third-order valence-corrected chi connectivity index (χ3v) is 7.85. The van der Waals surface area contributed by atoms with Crippen molar-refractivity contribution in [2.45, 2.75) is 49.1 Å². The molecule has 2 aromatic rings. The molecule has 1 aromatic carbocycles. The number of hydrogen-bond acceptors (Lipinski definition) is 7. The largest absolute Gasteiger partial charge is 0.495 e. The highest BCUT2D eigenvalue weighted by molar-refractivity contribution is 7.99. The summed E-state index contributed by atoms with van der Waals surface area (Å²) in [5, 5.41) is 21.8. The molecule has 1 heterocycles. The lowest BCUT2D eigenvalue weighted by Gasteiger charge is -2.55. The summed E-state index contributed by atoms with van der Waals surface area (Å²) in [6, 6.07) is 4.09. The molecular weight excluding hydrogens is 418 g/mol. The molecule has 4 saturated carbocycles. The molecule has 0 aliphatic heterocycles. The average Bonchev–Trinajstić information content (AvgIpc) is 3.21. The minimum Gasteiger partial charge on any atom is -0.495 e. The van der Waals surface area contributed by atoms with Crippen LogP contribution in [-0.4, -0.2) is 38.9 Å². The second-order valence-corrected chi connectivity index (χ2v) is 10.1. The zero-order valence-electron chi connectivity index (χ0n) is 17.3. The van der Waals surface area contributed by atoms with Crippen LogP contribution in [0.2, 0.25) is 0 Å². The summed E-state index contributed by atoms with van der Waals surface area (Å²) in [7, 11) is 1.45. The summed E-state index contributed by atoms with van der Waals surface area (Å²) in [6.07, 6.45) is 7.71. The molecule has 0 atom stereocenters. The molecule has 4 fully saturated rings. The number of carbonyl (C=O) groups excluding carboxylic acids is 1. The fourth-order valence-corrected chi connectivity index (χ4v) is 6.77. The molecule has 0 saturated heterocycles. The zero-order chi connectivity index (χ0) is 21.6. The van der Waals surface area contributed by atoms with Gasteiger partial charge in [0.2, 0.25) is 11.1 Å². The Balaban J connectivity index is 1.23. The summed E-state index contributed by atoms with van der Waals surface area (Å²) in [5.74, 6) is 3.62. The molecular formula is C21H25N5O4S. The predicted molar refractivity (Wildman–Crippen MR) is 115 cm³/mol. The van der Waals surface area contributed by atoms with Gasteiger partial charge >= 0.3 is 0 Å². The normalized spacial score (nSPS) is 28.5. The van der Waals surface area contributed by atoms with Crippen LogP contribution in [0, 0.1) is 27.9 Å². The van der Waals surface area contributed by atoms with Crippen LogP contribution >= 0.6 is 11.8 Å². The SMILES string of the molecule is COc1ccc([N+](=O)[O-])cc1NC(=O)CSc1n[nH]c(C23CC4CC(CC(C4)C2)C3)n1. The molecule has 1 aromatic heterocycles. The molecule has 2 N–H and O–H groups in total. The van der Waals surface area contributed by atoms with Crippen LogP contribution in [0.5, 0.6) is 5.75 Å². The number of ether oxygens (including phenoxy) is 1. The van der Waals surface area contributed by atoms with E-state index in [0.29, 0.717) is 10.9 Å². The number of methoxy groups -OCH3 is 1. The van der Waals surface area contributed by atoms with E-state index in [-0.39, 0.29) is 28.4 Å². The topological polar surface area (TPSA) is 123 Å². The smallest absolute Gasteiger partial charge is 0.271 e. The van der Waals surface area contributed by atoms with E-state index in [2.05, 4.69) is 15.5 Å². The molecule has 4 aliphatic carbocycles. The van der Waals surface area contributed by atoms with E-state index in [4.69, 9.17) is 9.72 Å². The molecule has 9 nitrogen and oxygen atoms in total. The Labute approximate surface area is 183 Å². The van der Waals surface area contributed by atoms with Gasteiger partial charge < -0.3 is 10.1 Å². The molecule has 1 amide bonds. The van der Waals surface area contributed by atoms with Crippen molar-refractivity contribution in [3.05, 3.63) is 34.1 Å². The number of nitrogens with zero attached hydrogens (tertiary/aromatic N) is 3. The molecule has 10 heteroatoms. The first kappa shape index (κ1) is 20.3. The van der Waals surface area contributed by atoms with Crippen LogP contribution in [0.3, 0.4) is 0 Å². The maximum atomic E-state index is 12.4. The number of aromatic amines is 1.